The largest absolute Gasteiger partial charge is 0.497 e. The Labute approximate surface area is 132 Å². The van der Waals surface area contributed by atoms with Gasteiger partial charge in [-0.05, 0) is 37.3 Å². The lowest BCUT2D eigenvalue weighted by Crippen LogP contribution is -3.15. The van der Waals surface area contributed by atoms with E-state index in [-0.39, 0.29) is 5.91 Å². The summed E-state index contributed by atoms with van der Waals surface area (Å²) in [6.07, 6.45) is 6.86. The van der Waals surface area contributed by atoms with E-state index in [1.807, 2.05) is 24.3 Å². The molecule has 4 nitrogen and oxygen atoms in total. The fourth-order valence-corrected chi connectivity index (χ4v) is 4.09. The highest BCUT2D eigenvalue weighted by atomic mass is 16.5. The van der Waals surface area contributed by atoms with Gasteiger partial charge in [-0.3, -0.25) is 4.79 Å². The van der Waals surface area contributed by atoms with Crippen LogP contribution in [-0.2, 0) is 4.79 Å². The maximum absolute atomic E-state index is 12.3. The number of hydrogen-bond acceptors (Lipinski definition) is 2. The fourth-order valence-electron chi connectivity index (χ4n) is 4.09. The van der Waals surface area contributed by atoms with Crippen molar-refractivity contribution in [3.05, 3.63) is 24.3 Å². The molecular weight excluding hydrogens is 276 g/mol. The minimum atomic E-state index is 0.109. The van der Waals surface area contributed by atoms with Crippen molar-refractivity contribution in [2.24, 2.45) is 11.8 Å². The number of carbonyl (C=O) groups is 1. The number of carbonyl (C=O) groups excluding carboxylic acids is 1. The van der Waals surface area contributed by atoms with Gasteiger partial charge in [0.1, 0.15) is 5.75 Å². The van der Waals surface area contributed by atoms with Crippen LogP contribution in [0, 0.1) is 11.8 Å². The summed E-state index contributed by atoms with van der Waals surface area (Å²) in [5.41, 5.74) is 0.816. The predicted molar refractivity (Wildman–Crippen MR) is 87.3 cm³/mol. The first-order valence-electron chi connectivity index (χ1n) is 8.52. The highest BCUT2D eigenvalue weighted by Crippen LogP contribution is 2.32. The summed E-state index contributed by atoms with van der Waals surface area (Å²) in [6.45, 7) is 2.91. The molecule has 2 fully saturated rings. The van der Waals surface area contributed by atoms with Gasteiger partial charge in [0.05, 0.1) is 20.2 Å². The molecule has 2 aliphatic rings. The Morgan fingerprint density at radius 1 is 1.27 bits per heavy atom. The Morgan fingerprint density at radius 3 is 2.91 bits per heavy atom. The number of fused-ring (bicyclic) bond motifs is 1. The van der Waals surface area contributed by atoms with Crippen molar-refractivity contribution in [2.75, 3.05) is 32.1 Å². The number of benzene rings is 1. The lowest BCUT2D eigenvalue weighted by molar-refractivity contribution is -0.902. The number of amides is 1. The van der Waals surface area contributed by atoms with Crippen LogP contribution in [0.15, 0.2) is 24.3 Å². The van der Waals surface area contributed by atoms with Crippen LogP contribution < -0.4 is 15.0 Å². The molecule has 1 aliphatic carbocycles. The van der Waals surface area contributed by atoms with E-state index in [1.165, 1.54) is 43.5 Å². The molecule has 3 rings (SSSR count). The maximum Gasteiger partial charge on any atom is 0.279 e. The minimum absolute atomic E-state index is 0.109. The number of quaternary nitrogens is 1. The third-order valence-corrected chi connectivity index (χ3v) is 5.25. The molecule has 1 aromatic carbocycles. The highest BCUT2D eigenvalue weighted by molar-refractivity contribution is 5.91. The van der Waals surface area contributed by atoms with Crippen molar-refractivity contribution < 1.29 is 14.4 Å². The summed E-state index contributed by atoms with van der Waals surface area (Å²) in [7, 11) is 1.64. The molecule has 1 unspecified atom stereocenters. The van der Waals surface area contributed by atoms with E-state index in [9.17, 15) is 4.79 Å². The number of hydrogen-bond donors (Lipinski definition) is 2. The van der Waals surface area contributed by atoms with Crippen LogP contribution in [0.4, 0.5) is 5.69 Å². The number of methoxy groups -OCH3 is 1. The molecule has 120 valence electrons. The van der Waals surface area contributed by atoms with Crippen molar-refractivity contribution in [1.29, 1.82) is 0 Å². The molecule has 1 heterocycles. The first-order valence-corrected chi connectivity index (χ1v) is 8.52. The van der Waals surface area contributed by atoms with Crippen LogP contribution in [0.3, 0.4) is 0 Å². The summed E-state index contributed by atoms with van der Waals surface area (Å²) >= 11 is 0. The predicted octanol–water partition coefficient (Wildman–Crippen LogP) is 1.73. The topological polar surface area (TPSA) is 42.8 Å². The van der Waals surface area contributed by atoms with Crippen molar-refractivity contribution in [2.45, 2.75) is 32.1 Å². The molecule has 1 aliphatic heterocycles. The maximum atomic E-state index is 12.3. The van der Waals surface area contributed by atoms with Gasteiger partial charge in [0.2, 0.25) is 0 Å². The molecule has 2 N–H and O–H groups in total. The van der Waals surface area contributed by atoms with Crippen LogP contribution in [0.25, 0.3) is 0 Å². The van der Waals surface area contributed by atoms with Gasteiger partial charge in [-0.2, -0.15) is 0 Å². The molecule has 1 saturated heterocycles. The van der Waals surface area contributed by atoms with Crippen LogP contribution >= 0.6 is 0 Å². The van der Waals surface area contributed by atoms with Gasteiger partial charge < -0.3 is 15.0 Å². The molecule has 1 aromatic rings. The van der Waals surface area contributed by atoms with Crippen molar-refractivity contribution in [3.63, 3.8) is 0 Å². The number of ether oxygens (including phenoxy) is 1. The number of nitrogens with one attached hydrogen (secondary N) is 2. The standard InChI is InChI=1S/C18H26N2O2/c1-22-17-8-4-7-16(11-17)19-18(21)13-20-10-9-14-5-2-3-6-15(14)12-20/h4,7-8,11,14-15H,2-3,5-6,9-10,12-13H2,1H3,(H,19,21)/p+1/t14-,15+/m0/s1. The SMILES string of the molecule is COc1cccc(NC(=O)C[NH+]2CC[C@@H]3CCCC[C@@H]3C2)c1. The summed E-state index contributed by atoms with van der Waals surface area (Å²) in [6, 6.07) is 7.55. The summed E-state index contributed by atoms with van der Waals surface area (Å²) < 4.78 is 5.19. The lowest BCUT2D eigenvalue weighted by Gasteiger charge is -2.38. The van der Waals surface area contributed by atoms with Crippen molar-refractivity contribution in [1.82, 2.24) is 0 Å². The Kier molecular flexibility index (Phi) is 4.98. The Hall–Kier alpha value is -1.55. The average molecular weight is 303 g/mol. The molecule has 0 spiro atoms. The van der Waals surface area contributed by atoms with Crippen LogP contribution in [-0.4, -0.2) is 32.7 Å². The fraction of sp³-hybridized carbons (Fsp3) is 0.611. The van der Waals surface area contributed by atoms with E-state index in [2.05, 4.69) is 5.32 Å². The lowest BCUT2D eigenvalue weighted by atomic mass is 9.75. The van der Waals surface area contributed by atoms with Crippen molar-refractivity contribution in [3.8, 4) is 5.75 Å². The molecule has 0 bridgehead atoms. The smallest absolute Gasteiger partial charge is 0.279 e. The first-order chi connectivity index (χ1) is 10.7. The van der Waals surface area contributed by atoms with Gasteiger partial charge in [-0.1, -0.05) is 18.9 Å². The first kappa shape index (κ1) is 15.3. The highest BCUT2D eigenvalue weighted by Gasteiger charge is 2.34. The second-order valence-corrected chi connectivity index (χ2v) is 6.75. The van der Waals surface area contributed by atoms with E-state index < -0.39 is 0 Å². The zero-order valence-corrected chi connectivity index (χ0v) is 13.4. The minimum Gasteiger partial charge on any atom is -0.497 e. The van der Waals surface area contributed by atoms with Gasteiger partial charge in [-0.15, -0.1) is 0 Å². The number of likely N-dealkylation sites (tertiary alicyclic amines) is 1. The van der Waals surface area contributed by atoms with Gasteiger partial charge in [-0.25, -0.2) is 0 Å². The Balaban J connectivity index is 1.51. The van der Waals surface area contributed by atoms with Gasteiger partial charge in [0.25, 0.3) is 5.91 Å². The molecular formula is C18H27N2O2+. The third kappa shape index (κ3) is 3.80. The van der Waals surface area contributed by atoms with E-state index in [1.54, 1.807) is 7.11 Å². The summed E-state index contributed by atoms with van der Waals surface area (Å²) in [4.78, 5) is 13.7. The summed E-state index contributed by atoms with van der Waals surface area (Å²) in [5, 5.41) is 3.00. The third-order valence-electron chi connectivity index (χ3n) is 5.25. The molecule has 4 heteroatoms. The molecule has 22 heavy (non-hydrogen) atoms. The molecule has 1 amide bonds. The average Bonchev–Trinajstić information content (AvgIpc) is 2.55. The number of rotatable bonds is 4. The molecule has 1 saturated carbocycles. The van der Waals surface area contributed by atoms with Crippen molar-refractivity contribution >= 4 is 11.6 Å². The van der Waals surface area contributed by atoms with E-state index in [0.29, 0.717) is 6.54 Å². The van der Waals surface area contributed by atoms with Crippen LogP contribution in [0.1, 0.15) is 32.1 Å². The Bertz CT molecular complexity index is 518. The van der Waals surface area contributed by atoms with Gasteiger partial charge in [0.15, 0.2) is 6.54 Å². The van der Waals surface area contributed by atoms with Crippen LogP contribution in [0.2, 0.25) is 0 Å². The zero-order valence-electron chi connectivity index (χ0n) is 13.4. The second-order valence-electron chi connectivity index (χ2n) is 6.75. The zero-order chi connectivity index (χ0) is 15.4. The Morgan fingerprint density at radius 2 is 2.09 bits per heavy atom. The second kappa shape index (κ2) is 7.14. The summed E-state index contributed by atoms with van der Waals surface area (Å²) in [5.74, 6) is 2.66. The monoisotopic (exact) mass is 303 g/mol. The quantitative estimate of drug-likeness (QED) is 0.889. The number of anilines is 1. The molecule has 0 aromatic heterocycles. The normalized spacial score (nSPS) is 27.8. The van der Waals surface area contributed by atoms with E-state index in [4.69, 9.17) is 4.74 Å². The van der Waals surface area contributed by atoms with Crippen LogP contribution in [0.5, 0.6) is 5.75 Å². The van der Waals surface area contributed by atoms with E-state index in [0.717, 1.165) is 29.8 Å². The van der Waals surface area contributed by atoms with Gasteiger partial charge in [0, 0.05) is 17.7 Å². The molecule has 0 radical (unpaired) electrons. The number of piperidine rings is 1. The van der Waals surface area contributed by atoms with Gasteiger partial charge >= 0.3 is 0 Å². The van der Waals surface area contributed by atoms with E-state index >= 15 is 0 Å². The molecule has 3 atom stereocenters.